The van der Waals surface area contributed by atoms with Crippen molar-refractivity contribution >= 4 is 17.7 Å². The minimum atomic E-state index is -0.158. The fourth-order valence-corrected chi connectivity index (χ4v) is 1.66. The monoisotopic (exact) mass is 271 g/mol. The summed E-state index contributed by atoms with van der Waals surface area (Å²) in [6.45, 7) is 3.96. The van der Waals surface area contributed by atoms with Gasteiger partial charge in [-0.15, -0.1) is 0 Å². The van der Waals surface area contributed by atoms with Crippen LogP contribution in [0.25, 0.3) is 0 Å². The third-order valence-electron chi connectivity index (χ3n) is 2.65. The molecule has 0 bridgehead atoms. The number of aromatic nitrogens is 3. The lowest BCUT2D eigenvalue weighted by Gasteiger charge is -2.16. The standard InChI is InChI=1S/C14H17N5O/c1-10-7-15-14(16-8-10)19(3)9-13(20)18-12-6-4-5-11(2)17-12/h4-8H,9H2,1-3H3,(H,17,18,20). The fraction of sp³-hybridized carbons (Fsp3) is 0.286. The van der Waals surface area contributed by atoms with E-state index < -0.39 is 0 Å². The summed E-state index contributed by atoms with van der Waals surface area (Å²) in [5, 5.41) is 2.75. The van der Waals surface area contributed by atoms with Crippen LogP contribution in [0.15, 0.2) is 30.6 Å². The highest BCUT2D eigenvalue weighted by Gasteiger charge is 2.10. The first kappa shape index (κ1) is 13.9. The summed E-state index contributed by atoms with van der Waals surface area (Å²) in [6, 6.07) is 5.49. The maximum atomic E-state index is 11.9. The van der Waals surface area contributed by atoms with Gasteiger partial charge in [-0.2, -0.15) is 0 Å². The zero-order valence-electron chi connectivity index (χ0n) is 11.8. The first-order chi connectivity index (χ1) is 9.54. The van der Waals surface area contributed by atoms with Gasteiger partial charge in [0, 0.05) is 25.1 Å². The molecule has 20 heavy (non-hydrogen) atoms. The van der Waals surface area contributed by atoms with Crippen molar-refractivity contribution in [1.29, 1.82) is 0 Å². The van der Waals surface area contributed by atoms with Gasteiger partial charge in [0.15, 0.2) is 0 Å². The zero-order chi connectivity index (χ0) is 14.5. The van der Waals surface area contributed by atoms with Gasteiger partial charge in [-0.3, -0.25) is 4.79 Å². The van der Waals surface area contributed by atoms with Crippen LogP contribution in [0.3, 0.4) is 0 Å². The van der Waals surface area contributed by atoms with Gasteiger partial charge >= 0.3 is 0 Å². The van der Waals surface area contributed by atoms with Crippen molar-refractivity contribution in [3.8, 4) is 0 Å². The highest BCUT2D eigenvalue weighted by molar-refractivity contribution is 5.92. The van der Waals surface area contributed by atoms with Crippen molar-refractivity contribution in [3.05, 3.63) is 41.9 Å². The lowest BCUT2D eigenvalue weighted by atomic mass is 10.3. The second-order valence-electron chi connectivity index (χ2n) is 4.63. The molecular formula is C14H17N5O. The lowest BCUT2D eigenvalue weighted by molar-refractivity contribution is -0.115. The smallest absolute Gasteiger partial charge is 0.245 e. The summed E-state index contributed by atoms with van der Waals surface area (Å²) in [5.41, 5.74) is 1.84. The summed E-state index contributed by atoms with van der Waals surface area (Å²) < 4.78 is 0. The van der Waals surface area contributed by atoms with Crippen LogP contribution >= 0.6 is 0 Å². The molecule has 0 radical (unpaired) electrons. The average Bonchev–Trinajstić information content (AvgIpc) is 2.39. The third kappa shape index (κ3) is 3.74. The Bertz CT molecular complexity index is 597. The third-order valence-corrected chi connectivity index (χ3v) is 2.65. The number of nitrogens with zero attached hydrogens (tertiary/aromatic N) is 4. The molecule has 2 rings (SSSR count). The Morgan fingerprint density at radius 2 is 1.95 bits per heavy atom. The number of carbonyl (C=O) groups is 1. The number of carbonyl (C=O) groups excluding carboxylic acids is 1. The lowest BCUT2D eigenvalue weighted by Crippen LogP contribution is -2.31. The van der Waals surface area contributed by atoms with Crippen LogP contribution in [0, 0.1) is 13.8 Å². The van der Waals surface area contributed by atoms with Gasteiger partial charge in [0.1, 0.15) is 5.82 Å². The molecule has 0 unspecified atom stereocenters. The number of hydrogen-bond acceptors (Lipinski definition) is 5. The summed E-state index contributed by atoms with van der Waals surface area (Å²) in [4.78, 5) is 26.2. The van der Waals surface area contributed by atoms with Gasteiger partial charge in [0.25, 0.3) is 0 Å². The summed E-state index contributed by atoms with van der Waals surface area (Å²) in [6.07, 6.45) is 3.44. The van der Waals surface area contributed by atoms with Crippen LogP contribution in [0.1, 0.15) is 11.3 Å². The molecule has 0 spiro atoms. The number of nitrogens with one attached hydrogen (secondary N) is 1. The Kier molecular flexibility index (Phi) is 4.24. The molecule has 2 aromatic heterocycles. The SMILES string of the molecule is Cc1cnc(N(C)CC(=O)Nc2cccc(C)n2)nc1. The van der Waals surface area contributed by atoms with Gasteiger partial charge in [0.05, 0.1) is 6.54 Å². The fourth-order valence-electron chi connectivity index (χ4n) is 1.66. The predicted molar refractivity (Wildman–Crippen MR) is 77.6 cm³/mol. The molecule has 0 aromatic carbocycles. The zero-order valence-corrected chi connectivity index (χ0v) is 11.8. The molecule has 104 valence electrons. The number of pyridine rings is 1. The van der Waals surface area contributed by atoms with E-state index in [1.54, 1.807) is 30.4 Å². The van der Waals surface area contributed by atoms with Gasteiger partial charge in [0.2, 0.25) is 11.9 Å². The molecule has 2 heterocycles. The molecule has 0 saturated carbocycles. The molecule has 2 aromatic rings. The minimum Gasteiger partial charge on any atom is -0.335 e. The Morgan fingerprint density at radius 3 is 2.60 bits per heavy atom. The van der Waals surface area contributed by atoms with Crippen molar-refractivity contribution in [3.63, 3.8) is 0 Å². The van der Waals surface area contributed by atoms with Crippen LogP contribution < -0.4 is 10.2 Å². The topological polar surface area (TPSA) is 71.0 Å². The van der Waals surface area contributed by atoms with E-state index in [0.717, 1.165) is 11.3 Å². The van der Waals surface area contributed by atoms with E-state index in [1.807, 2.05) is 26.0 Å². The normalized spacial score (nSPS) is 10.2. The number of likely N-dealkylation sites (N-methyl/N-ethyl adjacent to an activating group) is 1. The minimum absolute atomic E-state index is 0.158. The second kappa shape index (κ2) is 6.10. The van der Waals surface area contributed by atoms with Crippen LogP contribution in [0.2, 0.25) is 0 Å². The number of hydrogen-bond donors (Lipinski definition) is 1. The van der Waals surface area contributed by atoms with E-state index in [0.29, 0.717) is 11.8 Å². The van der Waals surface area contributed by atoms with E-state index in [2.05, 4.69) is 20.3 Å². The van der Waals surface area contributed by atoms with Crippen LogP contribution in [-0.4, -0.2) is 34.5 Å². The average molecular weight is 271 g/mol. The Morgan fingerprint density at radius 1 is 1.25 bits per heavy atom. The molecule has 6 heteroatoms. The van der Waals surface area contributed by atoms with Gasteiger partial charge in [-0.25, -0.2) is 15.0 Å². The first-order valence-corrected chi connectivity index (χ1v) is 6.28. The number of anilines is 2. The molecule has 6 nitrogen and oxygen atoms in total. The van der Waals surface area contributed by atoms with Crippen molar-refractivity contribution in [2.45, 2.75) is 13.8 Å². The van der Waals surface area contributed by atoms with Gasteiger partial charge in [-0.1, -0.05) is 6.07 Å². The highest BCUT2D eigenvalue weighted by atomic mass is 16.2. The molecule has 0 aliphatic heterocycles. The molecule has 1 amide bonds. The highest BCUT2D eigenvalue weighted by Crippen LogP contribution is 2.06. The predicted octanol–water partition coefficient (Wildman–Crippen LogP) is 1.56. The van der Waals surface area contributed by atoms with E-state index >= 15 is 0 Å². The number of rotatable bonds is 4. The van der Waals surface area contributed by atoms with Crippen molar-refractivity contribution < 1.29 is 4.79 Å². The Hall–Kier alpha value is -2.50. The first-order valence-electron chi connectivity index (χ1n) is 6.28. The van der Waals surface area contributed by atoms with E-state index in [1.165, 1.54) is 0 Å². The molecule has 1 N–H and O–H groups in total. The Labute approximate surface area is 117 Å². The molecule has 0 aliphatic rings. The largest absolute Gasteiger partial charge is 0.335 e. The molecule has 0 fully saturated rings. The maximum Gasteiger partial charge on any atom is 0.245 e. The quantitative estimate of drug-likeness (QED) is 0.913. The molecule has 0 atom stereocenters. The maximum absolute atomic E-state index is 11.9. The second-order valence-corrected chi connectivity index (χ2v) is 4.63. The van der Waals surface area contributed by atoms with Crippen molar-refractivity contribution in [1.82, 2.24) is 15.0 Å². The van der Waals surface area contributed by atoms with Crippen LogP contribution in [0.4, 0.5) is 11.8 Å². The number of aryl methyl sites for hydroxylation is 2. The van der Waals surface area contributed by atoms with Gasteiger partial charge < -0.3 is 10.2 Å². The van der Waals surface area contributed by atoms with Crippen LogP contribution in [0.5, 0.6) is 0 Å². The molecule has 0 aliphatic carbocycles. The summed E-state index contributed by atoms with van der Waals surface area (Å²) >= 11 is 0. The van der Waals surface area contributed by atoms with E-state index in [-0.39, 0.29) is 12.5 Å². The molecule has 0 saturated heterocycles. The van der Waals surface area contributed by atoms with Gasteiger partial charge in [-0.05, 0) is 31.5 Å². The molecular weight excluding hydrogens is 254 g/mol. The van der Waals surface area contributed by atoms with Crippen molar-refractivity contribution in [2.24, 2.45) is 0 Å². The Balaban J connectivity index is 1.95. The number of amides is 1. The van der Waals surface area contributed by atoms with E-state index in [4.69, 9.17) is 0 Å². The van der Waals surface area contributed by atoms with E-state index in [9.17, 15) is 4.79 Å². The summed E-state index contributed by atoms with van der Waals surface area (Å²) in [5.74, 6) is 0.908. The van der Waals surface area contributed by atoms with Crippen LogP contribution in [-0.2, 0) is 4.79 Å². The summed E-state index contributed by atoms with van der Waals surface area (Å²) in [7, 11) is 1.77. The van der Waals surface area contributed by atoms with Crippen molar-refractivity contribution in [2.75, 3.05) is 23.8 Å².